The number of thiophene rings is 1. The van der Waals surface area contributed by atoms with E-state index in [1.807, 2.05) is 11.3 Å². The van der Waals surface area contributed by atoms with E-state index in [1.165, 1.54) is 16.5 Å². The Morgan fingerprint density at radius 2 is 1.75 bits per heavy atom. The number of rotatable bonds is 0. The highest BCUT2D eigenvalue weighted by Crippen LogP contribution is 2.52. The third-order valence-electron chi connectivity index (χ3n) is 3.91. The molecule has 1 heteroatoms. The summed E-state index contributed by atoms with van der Waals surface area (Å²) in [6.45, 7) is 9.53. The highest BCUT2D eigenvalue weighted by molar-refractivity contribution is 7.17. The van der Waals surface area contributed by atoms with Crippen LogP contribution in [0.3, 0.4) is 0 Å². The van der Waals surface area contributed by atoms with Gasteiger partial charge in [-0.05, 0) is 45.2 Å². The second-order valence-electron chi connectivity index (χ2n) is 6.27. The monoisotopic (exact) mass is 230 g/mol. The lowest BCUT2D eigenvalue weighted by molar-refractivity contribution is 0.404. The second-order valence-corrected chi connectivity index (χ2v) is 7.19. The van der Waals surface area contributed by atoms with E-state index in [9.17, 15) is 0 Å². The topological polar surface area (TPSA) is 0 Å². The molecule has 1 aliphatic carbocycles. The van der Waals surface area contributed by atoms with Gasteiger partial charge in [0, 0.05) is 4.70 Å². The van der Waals surface area contributed by atoms with Gasteiger partial charge in [0.1, 0.15) is 0 Å². The summed E-state index contributed by atoms with van der Waals surface area (Å²) in [5.41, 5.74) is 3.82. The zero-order valence-electron chi connectivity index (χ0n) is 10.4. The summed E-state index contributed by atoms with van der Waals surface area (Å²) in [7, 11) is 0. The van der Waals surface area contributed by atoms with Gasteiger partial charge in [-0.1, -0.05) is 39.8 Å². The van der Waals surface area contributed by atoms with E-state index in [4.69, 9.17) is 0 Å². The fourth-order valence-electron chi connectivity index (χ4n) is 3.56. The summed E-state index contributed by atoms with van der Waals surface area (Å²) in [4.78, 5) is 0. The Morgan fingerprint density at radius 3 is 2.50 bits per heavy atom. The Kier molecular flexibility index (Phi) is 1.87. The molecule has 0 aliphatic heterocycles. The minimum atomic E-state index is 0.323. The van der Waals surface area contributed by atoms with Crippen LogP contribution in [0, 0.1) is 0 Å². The van der Waals surface area contributed by atoms with Gasteiger partial charge in [-0.25, -0.2) is 0 Å². The van der Waals surface area contributed by atoms with E-state index >= 15 is 0 Å². The van der Waals surface area contributed by atoms with Crippen molar-refractivity contribution in [3.63, 3.8) is 0 Å². The number of hydrogen-bond acceptors (Lipinski definition) is 1. The molecule has 0 spiro atoms. The van der Waals surface area contributed by atoms with E-state index < -0.39 is 0 Å². The van der Waals surface area contributed by atoms with Gasteiger partial charge in [0.2, 0.25) is 0 Å². The summed E-state index contributed by atoms with van der Waals surface area (Å²) in [6, 6.07) is 6.87. The van der Waals surface area contributed by atoms with Gasteiger partial charge in [-0.2, -0.15) is 0 Å². The third-order valence-corrected chi connectivity index (χ3v) is 4.86. The molecule has 1 aromatic carbocycles. The molecule has 0 bridgehead atoms. The van der Waals surface area contributed by atoms with E-state index in [2.05, 4.69) is 51.3 Å². The van der Waals surface area contributed by atoms with E-state index in [0.717, 1.165) is 0 Å². The quantitative estimate of drug-likeness (QED) is 0.606. The van der Waals surface area contributed by atoms with Crippen molar-refractivity contribution < 1.29 is 0 Å². The van der Waals surface area contributed by atoms with Crippen molar-refractivity contribution in [1.82, 2.24) is 0 Å². The lowest BCUT2D eigenvalue weighted by atomic mass is 9.82. The Morgan fingerprint density at radius 1 is 1.00 bits per heavy atom. The summed E-state index contributed by atoms with van der Waals surface area (Å²) >= 11 is 1.90. The lowest BCUT2D eigenvalue weighted by Gasteiger charge is -2.22. The van der Waals surface area contributed by atoms with Gasteiger partial charge < -0.3 is 0 Å². The number of fused-ring (bicyclic) bond motifs is 3. The maximum absolute atomic E-state index is 2.39. The van der Waals surface area contributed by atoms with Crippen LogP contribution in [0.25, 0.3) is 10.1 Å². The van der Waals surface area contributed by atoms with Crippen molar-refractivity contribution in [1.29, 1.82) is 0 Å². The molecule has 0 N–H and O–H groups in total. The van der Waals surface area contributed by atoms with E-state index in [-0.39, 0.29) is 0 Å². The predicted molar refractivity (Wildman–Crippen MR) is 72.5 cm³/mol. The van der Waals surface area contributed by atoms with Crippen molar-refractivity contribution in [3.05, 3.63) is 34.7 Å². The van der Waals surface area contributed by atoms with Crippen LogP contribution in [0.4, 0.5) is 0 Å². The van der Waals surface area contributed by atoms with Crippen LogP contribution in [0.1, 0.15) is 45.2 Å². The predicted octanol–water partition coefficient (Wildman–Crippen LogP) is 4.86. The maximum atomic E-state index is 2.39. The van der Waals surface area contributed by atoms with Gasteiger partial charge >= 0.3 is 0 Å². The standard InChI is InChI=1S/C15H18S/c1-14(2)9-15(3,4)12-11(14)6-5-10-7-8-16-13(10)12/h5-8H,9H2,1-4H3. The van der Waals surface area contributed by atoms with Gasteiger partial charge in [0.25, 0.3) is 0 Å². The van der Waals surface area contributed by atoms with Crippen LogP contribution in [-0.2, 0) is 10.8 Å². The summed E-state index contributed by atoms with van der Waals surface area (Å²) in [5.74, 6) is 0. The largest absolute Gasteiger partial charge is 0.143 e. The smallest absolute Gasteiger partial charge is 0.0383 e. The molecule has 2 aromatic rings. The van der Waals surface area contributed by atoms with E-state index in [0.29, 0.717) is 10.8 Å². The third kappa shape index (κ3) is 1.21. The van der Waals surface area contributed by atoms with Gasteiger partial charge in [-0.3, -0.25) is 0 Å². The maximum Gasteiger partial charge on any atom is 0.0383 e. The Balaban J connectivity index is 2.44. The zero-order chi connectivity index (χ0) is 11.6. The first-order chi connectivity index (χ1) is 7.42. The van der Waals surface area contributed by atoms with Crippen LogP contribution in [0.2, 0.25) is 0 Å². The molecule has 84 valence electrons. The van der Waals surface area contributed by atoms with Gasteiger partial charge in [-0.15, -0.1) is 11.3 Å². The van der Waals surface area contributed by atoms with Crippen LogP contribution >= 0.6 is 11.3 Å². The molecule has 0 amide bonds. The molecule has 0 saturated carbocycles. The fraction of sp³-hybridized carbons (Fsp3) is 0.467. The molecular formula is C15H18S. The lowest BCUT2D eigenvalue weighted by Crippen LogP contribution is -2.18. The van der Waals surface area contributed by atoms with Crippen molar-refractivity contribution in [2.75, 3.05) is 0 Å². The molecular weight excluding hydrogens is 212 g/mol. The molecule has 1 aliphatic rings. The van der Waals surface area contributed by atoms with Crippen LogP contribution in [-0.4, -0.2) is 0 Å². The average molecular weight is 230 g/mol. The molecule has 1 aromatic heterocycles. The van der Waals surface area contributed by atoms with Crippen LogP contribution in [0.5, 0.6) is 0 Å². The fourth-order valence-corrected chi connectivity index (χ4v) is 4.68. The van der Waals surface area contributed by atoms with Gasteiger partial charge in [0.15, 0.2) is 0 Å². The molecule has 1 heterocycles. The first-order valence-corrected chi connectivity index (χ1v) is 6.81. The van der Waals surface area contributed by atoms with Crippen molar-refractivity contribution in [3.8, 4) is 0 Å². The Labute approximate surface area is 101 Å². The molecule has 0 fully saturated rings. The highest BCUT2D eigenvalue weighted by atomic mass is 32.1. The normalized spacial score (nSPS) is 21.2. The summed E-state index contributed by atoms with van der Waals surface area (Å²) in [6.07, 6.45) is 1.26. The second kappa shape index (κ2) is 2.89. The molecule has 16 heavy (non-hydrogen) atoms. The number of hydrogen-bond donors (Lipinski definition) is 0. The molecule has 0 nitrogen and oxygen atoms in total. The summed E-state index contributed by atoms with van der Waals surface area (Å²) < 4.78 is 1.51. The SMILES string of the molecule is CC1(C)CC(C)(C)c2c1ccc1ccsc21. The average Bonchev–Trinajstić information content (AvgIpc) is 2.66. The number of benzene rings is 1. The van der Waals surface area contributed by atoms with Crippen molar-refractivity contribution in [2.45, 2.75) is 44.9 Å². The van der Waals surface area contributed by atoms with Crippen LogP contribution < -0.4 is 0 Å². The molecule has 0 saturated heterocycles. The van der Waals surface area contributed by atoms with Crippen molar-refractivity contribution >= 4 is 21.4 Å². The first-order valence-electron chi connectivity index (χ1n) is 5.93. The highest BCUT2D eigenvalue weighted by Gasteiger charge is 2.42. The molecule has 0 radical (unpaired) electrons. The minimum Gasteiger partial charge on any atom is -0.143 e. The zero-order valence-corrected chi connectivity index (χ0v) is 11.2. The van der Waals surface area contributed by atoms with E-state index in [1.54, 1.807) is 11.1 Å². The molecule has 3 rings (SSSR count). The summed E-state index contributed by atoms with van der Waals surface area (Å²) in [5, 5.41) is 3.63. The Bertz CT molecular complexity index is 558. The Hall–Kier alpha value is -0.820. The van der Waals surface area contributed by atoms with Gasteiger partial charge in [0.05, 0.1) is 0 Å². The first kappa shape index (κ1) is 10.3. The molecule has 0 unspecified atom stereocenters. The van der Waals surface area contributed by atoms with Crippen LogP contribution in [0.15, 0.2) is 23.6 Å². The molecule has 0 atom stereocenters. The minimum absolute atomic E-state index is 0.323. The van der Waals surface area contributed by atoms with Crippen molar-refractivity contribution in [2.24, 2.45) is 0 Å².